The number of amides is 1. The molecule has 0 aliphatic heterocycles. The van der Waals surface area contributed by atoms with Gasteiger partial charge >= 0.3 is 0 Å². The topological polar surface area (TPSA) is 101 Å². The van der Waals surface area contributed by atoms with Crippen LogP contribution in [0.3, 0.4) is 0 Å². The highest BCUT2D eigenvalue weighted by atomic mass is 32.2. The molecule has 4 N–H and O–H groups in total. The van der Waals surface area contributed by atoms with Gasteiger partial charge in [-0.3, -0.25) is 4.79 Å². The Balaban J connectivity index is 1.56. The monoisotopic (exact) mass is 365 g/mol. The number of hydrogen-bond acceptors (Lipinski definition) is 4. The van der Waals surface area contributed by atoms with Crippen LogP contribution in [0.1, 0.15) is 37.7 Å². The first-order valence-corrected chi connectivity index (χ1v) is 10.8. The third-order valence-corrected chi connectivity index (χ3v) is 6.21. The van der Waals surface area contributed by atoms with Crippen LogP contribution >= 0.6 is 0 Å². The number of rotatable bonds is 5. The van der Waals surface area contributed by atoms with Crippen molar-refractivity contribution in [3.05, 3.63) is 29.8 Å². The molecule has 2 unspecified atom stereocenters. The van der Waals surface area contributed by atoms with Crippen LogP contribution in [0.15, 0.2) is 24.3 Å². The molecule has 0 heterocycles. The average Bonchev–Trinajstić information content (AvgIpc) is 2.53. The normalized spacial score (nSPS) is 29.2. The summed E-state index contributed by atoms with van der Waals surface area (Å²) < 4.78 is 24.7. The van der Waals surface area contributed by atoms with Gasteiger partial charge in [-0.05, 0) is 55.2 Å². The fraction of sp³-hybridized carbons (Fsp3) is 0.611. The van der Waals surface area contributed by atoms with Crippen LogP contribution in [0, 0.1) is 17.8 Å². The maximum Gasteiger partial charge on any atom is 0.227 e. The lowest BCUT2D eigenvalue weighted by Gasteiger charge is -2.43. The van der Waals surface area contributed by atoms with E-state index in [0.29, 0.717) is 11.8 Å². The third-order valence-electron chi connectivity index (χ3n) is 5.54. The Morgan fingerprint density at radius 2 is 1.76 bits per heavy atom. The molecule has 2 fully saturated rings. The molecule has 25 heavy (non-hydrogen) atoms. The Labute approximate surface area is 149 Å². The number of sulfonamides is 1. The summed E-state index contributed by atoms with van der Waals surface area (Å²) in [5.41, 5.74) is 7.89. The van der Waals surface area contributed by atoms with E-state index in [1.165, 1.54) is 6.42 Å². The van der Waals surface area contributed by atoms with E-state index >= 15 is 0 Å². The molecule has 2 aliphatic carbocycles. The van der Waals surface area contributed by atoms with Crippen LogP contribution in [0.4, 0.5) is 5.69 Å². The molecule has 6 nitrogen and oxygen atoms in total. The van der Waals surface area contributed by atoms with Gasteiger partial charge in [-0.2, -0.15) is 0 Å². The molecule has 0 spiro atoms. The maximum atomic E-state index is 12.6. The van der Waals surface area contributed by atoms with Crippen LogP contribution in [0.2, 0.25) is 0 Å². The second-order valence-corrected chi connectivity index (χ2v) is 9.31. The smallest absolute Gasteiger partial charge is 0.227 e. The Morgan fingerprint density at radius 1 is 1.16 bits per heavy atom. The van der Waals surface area contributed by atoms with Crippen molar-refractivity contribution in [1.82, 2.24) is 4.72 Å². The molecule has 2 aliphatic rings. The molecule has 1 aromatic rings. The van der Waals surface area contributed by atoms with Gasteiger partial charge in [0, 0.05) is 24.2 Å². The minimum Gasteiger partial charge on any atom is -0.327 e. The molecule has 0 aromatic heterocycles. The number of fused-ring (bicyclic) bond motifs is 2. The second kappa shape index (κ2) is 7.43. The molecule has 1 amide bonds. The van der Waals surface area contributed by atoms with E-state index in [1.807, 2.05) is 24.3 Å². The number of carbonyl (C=O) groups excluding carboxylic acids is 1. The molecule has 0 saturated heterocycles. The SMILES string of the molecule is CS(=O)(=O)NCc1ccc(NC(=O)C2CC3CCCC(C2)C3N)cc1. The molecular formula is C18H27N3O3S. The fourth-order valence-electron chi connectivity index (χ4n) is 4.17. The lowest BCUT2D eigenvalue weighted by atomic mass is 9.65. The molecular weight excluding hydrogens is 338 g/mol. The summed E-state index contributed by atoms with van der Waals surface area (Å²) in [6.45, 7) is 0.247. The van der Waals surface area contributed by atoms with Crippen molar-refractivity contribution in [1.29, 1.82) is 0 Å². The zero-order chi connectivity index (χ0) is 18.0. The number of hydrogen-bond donors (Lipinski definition) is 3. The number of benzene rings is 1. The highest BCUT2D eigenvalue weighted by Crippen LogP contribution is 2.42. The van der Waals surface area contributed by atoms with Gasteiger partial charge in [-0.1, -0.05) is 18.6 Å². The molecule has 7 heteroatoms. The van der Waals surface area contributed by atoms with E-state index in [9.17, 15) is 13.2 Å². The van der Waals surface area contributed by atoms with Crippen molar-refractivity contribution in [2.45, 2.75) is 44.7 Å². The Morgan fingerprint density at radius 3 is 2.32 bits per heavy atom. The van der Waals surface area contributed by atoms with Crippen LogP contribution in [-0.2, 0) is 21.4 Å². The second-order valence-electron chi connectivity index (χ2n) is 7.48. The predicted molar refractivity (Wildman–Crippen MR) is 98.3 cm³/mol. The lowest BCUT2D eigenvalue weighted by molar-refractivity contribution is -0.122. The Kier molecular flexibility index (Phi) is 5.46. The van der Waals surface area contributed by atoms with Gasteiger partial charge in [0.25, 0.3) is 0 Å². The van der Waals surface area contributed by atoms with Crippen LogP contribution in [0.25, 0.3) is 0 Å². The zero-order valence-corrected chi connectivity index (χ0v) is 15.4. The molecule has 2 bridgehead atoms. The number of anilines is 1. The first-order valence-electron chi connectivity index (χ1n) is 8.92. The third kappa shape index (κ3) is 4.80. The van der Waals surface area contributed by atoms with Crippen molar-refractivity contribution in [3.63, 3.8) is 0 Å². The molecule has 1 aromatic carbocycles. The standard InChI is InChI=1S/C18H27N3O3S/c1-25(23,24)20-11-12-5-7-16(8-6-12)21-18(22)15-9-13-3-2-4-14(10-15)17(13)19/h5-8,13-15,17,20H,2-4,9-11,19H2,1H3,(H,21,22). The van der Waals surface area contributed by atoms with Gasteiger partial charge in [-0.15, -0.1) is 0 Å². The largest absolute Gasteiger partial charge is 0.327 e. The van der Waals surface area contributed by atoms with Crippen molar-refractivity contribution in [2.24, 2.45) is 23.5 Å². The average molecular weight is 365 g/mol. The summed E-state index contributed by atoms with van der Waals surface area (Å²) in [6.07, 6.45) is 6.43. The summed E-state index contributed by atoms with van der Waals surface area (Å²) in [4.78, 5) is 12.6. The summed E-state index contributed by atoms with van der Waals surface area (Å²) in [5.74, 6) is 1.08. The maximum absolute atomic E-state index is 12.6. The van der Waals surface area contributed by atoms with Crippen LogP contribution < -0.4 is 15.8 Å². The molecule has 2 atom stereocenters. The minimum absolute atomic E-state index is 0.0432. The Bertz CT molecular complexity index is 704. The molecule has 2 saturated carbocycles. The molecule has 0 radical (unpaired) electrons. The zero-order valence-electron chi connectivity index (χ0n) is 14.6. The summed E-state index contributed by atoms with van der Waals surface area (Å²) >= 11 is 0. The van der Waals surface area contributed by atoms with Gasteiger partial charge in [-0.25, -0.2) is 13.1 Å². The van der Waals surface area contributed by atoms with E-state index in [4.69, 9.17) is 5.73 Å². The highest BCUT2D eigenvalue weighted by Gasteiger charge is 2.40. The minimum atomic E-state index is -3.21. The summed E-state index contributed by atoms with van der Waals surface area (Å²) in [6, 6.07) is 7.53. The quantitative estimate of drug-likeness (QED) is 0.741. The van der Waals surface area contributed by atoms with Crippen LogP contribution in [-0.4, -0.2) is 26.6 Å². The number of carbonyl (C=O) groups is 1. The molecule has 138 valence electrons. The van der Waals surface area contributed by atoms with Crippen molar-refractivity contribution >= 4 is 21.6 Å². The summed E-state index contributed by atoms with van der Waals surface area (Å²) in [5, 5.41) is 3.00. The van der Waals surface area contributed by atoms with E-state index in [0.717, 1.165) is 43.2 Å². The predicted octanol–water partition coefficient (Wildman–Crippen LogP) is 1.83. The first kappa shape index (κ1) is 18.4. The van der Waals surface area contributed by atoms with E-state index in [2.05, 4.69) is 10.0 Å². The number of nitrogens with one attached hydrogen (secondary N) is 2. The van der Waals surface area contributed by atoms with Crippen molar-refractivity contribution < 1.29 is 13.2 Å². The van der Waals surface area contributed by atoms with Gasteiger partial charge in [0.2, 0.25) is 15.9 Å². The van der Waals surface area contributed by atoms with Gasteiger partial charge in [0.05, 0.1) is 6.26 Å². The van der Waals surface area contributed by atoms with Crippen molar-refractivity contribution in [2.75, 3.05) is 11.6 Å². The Hall–Kier alpha value is -1.44. The van der Waals surface area contributed by atoms with Gasteiger partial charge in [0.1, 0.15) is 0 Å². The van der Waals surface area contributed by atoms with Gasteiger partial charge in [0.15, 0.2) is 0 Å². The summed E-state index contributed by atoms with van der Waals surface area (Å²) in [7, 11) is -3.21. The molecule has 3 rings (SSSR count). The van der Waals surface area contributed by atoms with E-state index in [1.54, 1.807) is 0 Å². The van der Waals surface area contributed by atoms with E-state index in [-0.39, 0.29) is 24.4 Å². The van der Waals surface area contributed by atoms with Crippen LogP contribution in [0.5, 0.6) is 0 Å². The number of nitrogens with two attached hydrogens (primary N) is 1. The van der Waals surface area contributed by atoms with E-state index < -0.39 is 10.0 Å². The van der Waals surface area contributed by atoms with Crippen molar-refractivity contribution in [3.8, 4) is 0 Å². The highest BCUT2D eigenvalue weighted by molar-refractivity contribution is 7.88. The first-order chi connectivity index (χ1) is 11.8. The van der Waals surface area contributed by atoms with Gasteiger partial charge < -0.3 is 11.1 Å². The fourth-order valence-corrected chi connectivity index (χ4v) is 4.60. The lowest BCUT2D eigenvalue weighted by Crippen LogP contribution is -2.48.